The van der Waals surface area contributed by atoms with Gasteiger partial charge in [-0.15, -0.1) is 0 Å². The first-order chi connectivity index (χ1) is 7.19. The highest BCUT2D eigenvalue weighted by atomic mass is 16.5. The van der Waals surface area contributed by atoms with Crippen molar-refractivity contribution in [2.75, 3.05) is 7.11 Å². The molecule has 2 aromatic rings. The van der Waals surface area contributed by atoms with Crippen molar-refractivity contribution >= 4 is 5.65 Å². The smallest absolute Gasteiger partial charge is 0.155 e. The van der Waals surface area contributed by atoms with Gasteiger partial charge in [-0.25, -0.2) is 9.50 Å². The Morgan fingerprint density at radius 1 is 1.40 bits per heavy atom. The first kappa shape index (κ1) is 9.96. The van der Waals surface area contributed by atoms with Crippen LogP contribution in [0.1, 0.15) is 19.7 Å². The number of hydrogen-bond acceptors (Lipinski definition) is 3. The first-order valence-corrected chi connectivity index (χ1v) is 5.08. The van der Waals surface area contributed by atoms with Crippen LogP contribution in [0.3, 0.4) is 0 Å². The number of rotatable bonds is 3. The Balaban J connectivity index is 2.37. The van der Waals surface area contributed by atoms with Crippen LogP contribution in [0.25, 0.3) is 5.65 Å². The summed E-state index contributed by atoms with van der Waals surface area (Å²) >= 11 is 0. The third-order valence-electron chi connectivity index (χ3n) is 2.17. The van der Waals surface area contributed by atoms with Crippen molar-refractivity contribution < 1.29 is 4.74 Å². The lowest BCUT2D eigenvalue weighted by Crippen LogP contribution is -1.96. The minimum absolute atomic E-state index is 0.573. The molecule has 0 saturated carbocycles. The standard InChI is InChI=1S/C11H15N3O/c1-8(2)6-10-12-11-5-4-9(15-3)7-14(11)13-10/h4-5,7-8H,6H2,1-3H3. The summed E-state index contributed by atoms with van der Waals surface area (Å²) in [4.78, 5) is 4.42. The number of hydrogen-bond donors (Lipinski definition) is 0. The van der Waals surface area contributed by atoms with E-state index in [1.807, 2.05) is 18.3 Å². The fourth-order valence-corrected chi connectivity index (χ4v) is 1.48. The number of aromatic nitrogens is 3. The Kier molecular flexibility index (Phi) is 2.58. The fraction of sp³-hybridized carbons (Fsp3) is 0.455. The Labute approximate surface area is 88.9 Å². The molecule has 4 heteroatoms. The van der Waals surface area contributed by atoms with Gasteiger partial charge in [-0.1, -0.05) is 13.8 Å². The summed E-state index contributed by atoms with van der Waals surface area (Å²) in [6.07, 6.45) is 2.75. The molecule has 15 heavy (non-hydrogen) atoms. The fourth-order valence-electron chi connectivity index (χ4n) is 1.48. The van der Waals surface area contributed by atoms with Crippen molar-refractivity contribution in [2.24, 2.45) is 5.92 Å². The monoisotopic (exact) mass is 205 g/mol. The van der Waals surface area contributed by atoms with Crippen LogP contribution < -0.4 is 4.74 Å². The van der Waals surface area contributed by atoms with Crippen molar-refractivity contribution in [3.05, 3.63) is 24.2 Å². The van der Waals surface area contributed by atoms with Crippen molar-refractivity contribution in [3.8, 4) is 5.75 Å². The summed E-state index contributed by atoms with van der Waals surface area (Å²) in [7, 11) is 1.65. The van der Waals surface area contributed by atoms with E-state index in [-0.39, 0.29) is 0 Å². The molecule has 0 spiro atoms. The first-order valence-electron chi connectivity index (χ1n) is 5.08. The number of fused-ring (bicyclic) bond motifs is 1. The van der Waals surface area contributed by atoms with Gasteiger partial charge in [0, 0.05) is 6.42 Å². The van der Waals surface area contributed by atoms with E-state index < -0.39 is 0 Å². The zero-order chi connectivity index (χ0) is 10.8. The van der Waals surface area contributed by atoms with Crippen LogP contribution in [-0.2, 0) is 6.42 Å². The Morgan fingerprint density at radius 2 is 2.20 bits per heavy atom. The van der Waals surface area contributed by atoms with Crippen molar-refractivity contribution in [2.45, 2.75) is 20.3 Å². The van der Waals surface area contributed by atoms with Gasteiger partial charge in [-0.2, -0.15) is 5.10 Å². The summed E-state index contributed by atoms with van der Waals surface area (Å²) in [5.41, 5.74) is 0.867. The highest BCUT2D eigenvalue weighted by Crippen LogP contribution is 2.12. The lowest BCUT2D eigenvalue weighted by molar-refractivity contribution is 0.411. The van der Waals surface area contributed by atoms with Gasteiger partial charge in [0.05, 0.1) is 13.3 Å². The largest absolute Gasteiger partial charge is 0.495 e. The molecule has 0 aromatic carbocycles. The lowest BCUT2D eigenvalue weighted by Gasteiger charge is -1.98. The van der Waals surface area contributed by atoms with Crippen molar-refractivity contribution in [1.29, 1.82) is 0 Å². The van der Waals surface area contributed by atoms with Crippen LogP contribution in [0.2, 0.25) is 0 Å². The Morgan fingerprint density at radius 3 is 2.87 bits per heavy atom. The van der Waals surface area contributed by atoms with Gasteiger partial charge >= 0.3 is 0 Å². The molecule has 0 unspecified atom stereocenters. The van der Waals surface area contributed by atoms with E-state index in [0.29, 0.717) is 5.92 Å². The Hall–Kier alpha value is -1.58. The SMILES string of the molecule is COc1ccc2nc(CC(C)C)nn2c1. The second-order valence-electron chi connectivity index (χ2n) is 4.00. The summed E-state index contributed by atoms with van der Waals surface area (Å²) < 4.78 is 6.88. The molecule has 4 nitrogen and oxygen atoms in total. The molecule has 2 aromatic heterocycles. The summed E-state index contributed by atoms with van der Waals surface area (Å²) in [5, 5.41) is 4.39. The van der Waals surface area contributed by atoms with Crippen LogP contribution in [0, 0.1) is 5.92 Å². The third-order valence-corrected chi connectivity index (χ3v) is 2.17. The van der Waals surface area contributed by atoms with Gasteiger partial charge in [0.15, 0.2) is 11.5 Å². The zero-order valence-corrected chi connectivity index (χ0v) is 9.27. The van der Waals surface area contributed by atoms with Gasteiger partial charge in [0.1, 0.15) is 5.75 Å². The van der Waals surface area contributed by atoms with Crippen LogP contribution in [-0.4, -0.2) is 21.7 Å². The van der Waals surface area contributed by atoms with E-state index in [1.165, 1.54) is 0 Å². The molecule has 0 aliphatic heterocycles. The minimum Gasteiger partial charge on any atom is -0.495 e. The maximum absolute atomic E-state index is 5.12. The zero-order valence-electron chi connectivity index (χ0n) is 9.27. The van der Waals surface area contributed by atoms with Crippen molar-refractivity contribution in [1.82, 2.24) is 14.6 Å². The topological polar surface area (TPSA) is 39.4 Å². The minimum atomic E-state index is 0.573. The molecule has 80 valence electrons. The quantitative estimate of drug-likeness (QED) is 0.768. The van der Waals surface area contributed by atoms with E-state index in [2.05, 4.69) is 23.9 Å². The number of nitrogens with zero attached hydrogens (tertiary/aromatic N) is 3. The third kappa shape index (κ3) is 2.09. The maximum atomic E-state index is 5.12. The molecule has 0 N–H and O–H groups in total. The molecule has 0 aliphatic carbocycles. The summed E-state index contributed by atoms with van der Waals surface area (Å²) in [5.74, 6) is 2.26. The maximum Gasteiger partial charge on any atom is 0.155 e. The van der Waals surface area contributed by atoms with E-state index in [9.17, 15) is 0 Å². The molecular weight excluding hydrogens is 190 g/mol. The lowest BCUT2D eigenvalue weighted by atomic mass is 10.1. The molecule has 0 saturated heterocycles. The van der Waals surface area contributed by atoms with Crippen molar-refractivity contribution in [3.63, 3.8) is 0 Å². The molecule has 0 fully saturated rings. The molecule has 2 rings (SSSR count). The molecule has 0 atom stereocenters. The van der Waals surface area contributed by atoms with Gasteiger partial charge in [0.2, 0.25) is 0 Å². The summed E-state index contributed by atoms with van der Waals surface area (Å²) in [6, 6.07) is 3.80. The molecule has 0 aliphatic rings. The number of pyridine rings is 1. The normalized spacial score (nSPS) is 11.2. The highest BCUT2D eigenvalue weighted by molar-refractivity contribution is 5.40. The average molecular weight is 205 g/mol. The van der Waals surface area contributed by atoms with Gasteiger partial charge in [-0.05, 0) is 18.1 Å². The number of methoxy groups -OCH3 is 1. The molecule has 0 radical (unpaired) electrons. The second-order valence-corrected chi connectivity index (χ2v) is 4.00. The van der Waals surface area contributed by atoms with E-state index in [0.717, 1.165) is 23.6 Å². The predicted octanol–water partition coefficient (Wildman–Crippen LogP) is 1.94. The summed E-state index contributed by atoms with van der Waals surface area (Å²) in [6.45, 7) is 4.32. The van der Waals surface area contributed by atoms with E-state index in [1.54, 1.807) is 11.6 Å². The average Bonchev–Trinajstić information content (AvgIpc) is 2.57. The molecule has 0 bridgehead atoms. The van der Waals surface area contributed by atoms with Crippen LogP contribution in [0.15, 0.2) is 18.3 Å². The van der Waals surface area contributed by atoms with E-state index >= 15 is 0 Å². The van der Waals surface area contributed by atoms with Crippen LogP contribution in [0.4, 0.5) is 0 Å². The van der Waals surface area contributed by atoms with Gasteiger partial charge in [-0.3, -0.25) is 0 Å². The molecular formula is C11H15N3O. The second kappa shape index (κ2) is 3.88. The molecule has 2 heterocycles. The van der Waals surface area contributed by atoms with Crippen LogP contribution >= 0.6 is 0 Å². The van der Waals surface area contributed by atoms with Crippen LogP contribution in [0.5, 0.6) is 5.75 Å². The molecule has 0 amide bonds. The van der Waals surface area contributed by atoms with Gasteiger partial charge in [0.25, 0.3) is 0 Å². The predicted molar refractivity (Wildman–Crippen MR) is 58.1 cm³/mol. The Bertz CT molecular complexity index is 462. The van der Waals surface area contributed by atoms with E-state index in [4.69, 9.17) is 4.74 Å². The highest BCUT2D eigenvalue weighted by Gasteiger charge is 2.05. The van der Waals surface area contributed by atoms with Gasteiger partial charge < -0.3 is 4.74 Å². The number of ether oxygens (including phenoxy) is 1.